The third kappa shape index (κ3) is 5.63. The second kappa shape index (κ2) is 10.6. The van der Waals surface area contributed by atoms with Gasteiger partial charge in [-0.3, -0.25) is 0 Å². The minimum absolute atomic E-state index is 0. The van der Waals surface area contributed by atoms with E-state index in [1.165, 1.54) is 0 Å². The van der Waals surface area contributed by atoms with Crippen LogP contribution in [0.4, 0.5) is 10.1 Å². The smallest absolute Gasteiger partial charge is 0.191 e. The Kier molecular flexibility index (Phi) is 8.75. The fourth-order valence-corrected chi connectivity index (χ4v) is 4.18. The van der Waals surface area contributed by atoms with Gasteiger partial charge < -0.3 is 20.4 Å². The third-order valence-corrected chi connectivity index (χ3v) is 5.87. The first kappa shape index (κ1) is 21.6. The fraction of sp³-hybridized carbons (Fsp3) is 0.611. The third-order valence-electron chi connectivity index (χ3n) is 4.93. The highest BCUT2D eigenvalue weighted by Crippen LogP contribution is 2.22. The molecule has 26 heavy (non-hydrogen) atoms. The van der Waals surface area contributed by atoms with Crippen molar-refractivity contribution >= 4 is 47.4 Å². The van der Waals surface area contributed by atoms with Gasteiger partial charge in [0.05, 0.1) is 12.2 Å². The molecule has 1 aromatic carbocycles. The van der Waals surface area contributed by atoms with E-state index < -0.39 is 0 Å². The summed E-state index contributed by atoms with van der Waals surface area (Å²) in [6, 6.07) is 5.45. The van der Waals surface area contributed by atoms with E-state index >= 15 is 0 Å². The molecular weight excluding hydrogens is 464 g/mol. The molecule has 0 spiro atoms. The SMILES string of the molecule is CCN1CCN(c2ccc(CN=C(N)N3CCSCC3)cc2F)CC1.I. The van der Waals surface area contributed by atoms with Crippen molar-refractivity contribution in [3.63, 3.8) is 0 Å². The average Bonchev–Trinajstić information content (AvgIpc) is 2.67. The van der Waals surface area contributed by atoms with Gasteiger partial charge in [0.1, 0.15) is 5.82 Å². The van der Waals surface area contributed by atoms with Gasteiger partial charge in [0.25, 0.3) is 0 Å². The highest BCUT2D eigenvalue weighted by molar-refractivity contribution is 14.0. The van der Waals surface area contributed by atoms with E-state index in [2.05, 4.69) is 26.6 Å². The van der Waals surface area contributed by atoms with E-state index in [9.17, 15) is 4.39 Å². The minimum Gasteiger partial charge on any atom is -0.370 e. The monoisotopic (exact) mass is 493 g/mol. The molecular formula is C18H29FIN5S. The Labute approximate surface area is 177 Å². The molecule has 0 aromatic heterocycles. The molecule has 0 amide bonds. The summed E-state index contributed by atoms with van der Waals surface area (Å²) in [7, 11) is 0. The Balaban J connectivity index is 0.00000243. The molecule has 0 atom stereocenters. The highest BCUT2D eigenvalue weighted by Gasteiger charge is 2.18. The van der Waals surface area contributed by atoms with Gasteiger partial charge in [-0.2, -0.15) is 11.8 Å². The van der Waals surface area contributed by atoms with Crippen LogP contribution in [0.5, 0.6) is 0 Å². The van der Waals surface area contributed by atoms with Crippen molar-refractivity contribution in [3.8, 4) is 0 Å². The van der Waals surface area contributed by atoms with Gasteiger partial charge in [0, 0.05) is 50.8 Å². The van der Waals surface area contributed by atoms with Crippen LogP contribution in [-0.4, -0.2) is 73.1 Å². The second-order valence-corrected chi connectivity index (χ2v) is 7.71. The molecule has 2 N–H and O–H groups in total. The van der Waals surface area contributed by atoms with Crippen LogP contribution in [0.15, 0.2) is 23.2 Å². The van der Waals surface area contributed by atoms with Crippen LogP contribution in [0.25, 0.3) is 0 Å². The van der Waals surface area contributed by atoms with Crippen LogP contribution in [0.2, 0.25) is 0 Å². The largest absolute Gasteiger partial charge is 0.370 e. The summed E-state index contributed by atoms with van der Waals surface area (Å²) < 4.78 is 14.5. The first-order chi connectivity index (χ1) is 12.2. The van der Waals surface area contributed by atoms with E-state index in [4.69, 9.17) is 5.73 Å². The fourth-order valence-electron chi connectivity index (χ4n) is 3.27. The van der Waals surface area contributed by atoms with Gasteiger partial charge in [-0.15, -0.1) is 24.0 Å². The maximum Gasteiger partial charge on any atom is 0.191 e. The van der Waals surface area contributed by atoms with Gasteiger partial charge >= 0.3 is 0 Å². The first-order valence-corrected chi connectivity index (χ1v) is 10.2. The van der Waals surface area contributed by atoms with Crippen molar-refractivity contribution in [2.24, 2.45) is 10.7 Å². The molecule has 2 aliphatic heterocycles. The molecule has 3 rings (SSSR count). The Bertz CT molecular complexity index is 601. The van der Waals surface area contributed by atoms with Crippen LogP contribution in [0.1, 0.15) is 12.5 Å². The molecule has 2 aliphatic rings. The number of thioether (sulfide) groups is 1. The molecule has 8 heteroatoms. The minimum atomic E-state index is -0.161. The quantitative estimate of drug-likeness (QED) is 0.397. The molecule has 2 saturated heterocycles. The van der Waals surface area contributed by atoms with Crippen LogP contribution in [-0.2, 0) is 6.54 Å². The number of hydrogen-bond donors (Lipinski definition) is 1. The standard InChI is InChI=1S/C18H28FN5S.HI/c1-2-22-5-7-23(8-6-22)17-4-3-15(13-16(17)19)14-21-18(20)24-9-11-25-12-10-24;/h3-4,13H,2,5-12,14H2,1H3,(H2,20,21);1H. The highest BCUT2D eigenvalue weighted by atomic mass is 127. The summed E-state index contributed by atoms with van der Waals surface area (Å²) in [6.07, 6.45) is 0. The van der Waals surface area contributed by atoms with Crippen LogP contribution in [0, 0.1) is 5.82 Å². The van der Waals surface area contributed by atoms with Crippen molar-refractivity contribution in [3.05, 3.63) is 29.6 Å². The van der Waals surface area contributed by atoms with Gasteiger partial charge in [-0.1, -0.05) is 13.0 Å². The number of nitrogens with two attached hydrogens (primary N) is 1. The number of anilines is 1. The normalized spacial score (nSPS) is 19.4. The molecule has 0 aliphatic carbocycles. The Morgan fingerprint density at radius 2 is 1.85 bits per heavy atom. The summed E-state index contributed by atoms with van der Waals surface area (Å²) in [4.78, 5) is 11.1. The Hall–Kier alpha value is -0.740. The molecule has 2 fully saturated rings. The van der Waals surface area contributed by atoms with Crippen molar-refractivity contribution in [2.45, 2.75) is 13.5 Å². The number of guanidine groups is 1. The summed E-state index contributed by atoms with van der Waals surface area (Å²) >= 11 is 1.94. The van der Waals surface area contributed by atoms with Crippen molar-refractivity contribution in [1.82, 2.24) is 9.80 Å². The number of hydrogen-bond acceptors (Lipinski definition) is 4. The number of nitrogens with zero attached hydrogens (tertiary/aromatic N) is 4. The molecule has 5 nitrogen and oxygen atoms in total. The number of benzene rings is 1. The van der Waals surface area contributed by atoms with Gasteiger partial charge in [0.15, 0.2) is 5.96 Å². The van der Waals surface area contributed by atoms with E-state index in [1.807, 2.05) is 23.9 Å². The number of likely N-dealkylation sites (N-methyl/N-ethyl adjacent to an activating group) is 1. The average molecular weight is 493 g/mol. The van der Waals surface area contributed by atoms with E-state index in [0.717, 1.165) is 62.9 Å². The van der Waals surface area contributed by atoms with Crippen LogP contribution < -0.4 is 10.6 Å². The topological polar surface area (TPSA) is 48.1 Å². The van der Waals surface area contributed by atoms with E-state index in [0.29, 0.717) is 18.2 Å². The predicted octanol–water partition coefficient (Wildman–Crippen LogP) is 2.45. The maximum absolute atomic E-state index is 14.5. The zero-order valence-corrected chi connectivity index (χ0v) is 18.5. The molecule has 1 aromatic rings. The summed E-state index contributed by atoms with van der Waals surface area (Å²) in [5.41, 5.74) is 7.63. The first-order valence-electron chi connectivity index (χ1n) is 9.05. The zero-order valence-electron chi connectivity index (χ0n) is 15.4. The molecule has 146 valence electrons. The number of aliphatic imine (C=N–C) groups is 1. The van der Waals surface area contributed by atoms with Gasteiger partial charge in [0.2, 0.25) is 0 Å². The van der Waals surface area contributed by atoms with Crippen molar-refractivity contribution in [1.29, 1.82) is 0 Å². The summed E-state index contributed by atoms with van der Waals surface area (Å²) in [6.45, 7) is 9.28. The lowest BCUT2D eigenvalue weighted by molar-refractivity contribution is 0.270. The number of rotatable bonds is 4. The molecule has 0 saturated carbocycles. The lowest BCUT2D eigenvalue weighted by Gasteiger charge is -2.35. The van der Waals surface area contributed by atoms with Gasteiger partial charge in [-0.25, -0.2) is 9.38 Å². The zero-order chi connectivity index (χ0) is 17.6. The van der Waals surface area contributed by atoms with Gasteiger partial charge in [-0.05, 0) is 24.2 Å². The Morgan fingerprint density at radius 3 is 2.46 bits per heavy atom. The summed E-state index contributed by atoms with van der Waals surface area (Å²) in [5.74, 6) is 2.58. The Morgan fingerprint density at radius 1 is 1.15 bits per heavy atom. The van der Waals surface area contributed by atoms with E-state index in [-0.39, 0.29) is 29.8 Å². The lowest BCUT2D eigenvalue weighted by Crippen LogP contribution is -2.46. The number of piperazine rings is 1. The second-order valence-electron chi connectivity index (χ2n) is 6.48. The maximum atomic E-state index is 14.5. The van der Waals surface area contributed by atoms with E-state index in [1.54, 1.807) is 6.07 Å². The predicted molar refractivity (Wildman–Crippen MR) is 120 cm³/mol. The molecule has 0 radical (unpaired) electrons. The van der Waals surface area contributed by atoms with Crippen molar-refractivity contribution in [2.75, 3.05) is 62.2 Å². The molecule has 2 heterocycles. The molecule has 0 unspecified atom stereocenters. The van der Waals surface area contributed by atoms with Crippen LogP contribution in [0.3, 0.4) is 0 Å². The van der Waals surface area contributed by atoms with Crippen LogP contribution >= 0.6 is 35.7 Å². The summed E-state index contributed by atoms with van der Waals surface area (Å²) in [5, 5.41) is 0. The number of halogens is 2. The van der Waals surface area contributed by atoms with Crippen molar-refractivity contribution < 1.29 is 4.39 Å². The molecule has 0 bridgehead atoms. The lowest BCUT2D eigenvalue weighted by atomic mass is 10.1.